The van der Waals surface area contributed by atoms with Gasteiger partial charge in [0.05, 0.1) is 6.61 Å². The smallest absolute Gasteiger partial charge is 0.0636 e. The van der Waals surface area contributed by atoms with Gasteiger partial charge in [-0.05, 0) is 30.5 Å². The highest BCUT2D eigenvalue weighted by Gasteiger charge is 2.07. The SMILES string of the molecule is CCCOCC(Cc1ccc(Br)cc1)NN. The summed E-state index contributed by atoms with van der Waals surface area (Å²) in [5.41, 5.74) is 4.04. The predicted molar refractivity (Wildman–Crippen MR) is 70.1 cm³/mol. The van der Waals surface area contributed by atoms with E-state index in [9.17, 15) is 0 Å². The lowest BCUT2D eigenvalue weighted by molar-refractivity contribution is 0.112. The van der Waals surface area contributed by atoms with E-state index in [4.69, 9.17) is 10.6 Å². The Morgan fingerprint density at radius 1 is 1.38 bits per heavy atom. The molecule has 0 heterocycles. The molecule has 0 radical (unpaired) electrons. The fourth-order valence-electron chi connectivity index (χ4n) is 1.44. The highest BCUT2D eigenvalue weighted by atomic mass is 79.9. The summed E-state index contributed by atoms with van der Waals surface area (Å²) < 4.78 is 6.57. The van der Waals surface area contributed by atoms with Crippen LogP contribution < -0.4 is 11.3 Å². The zero-order valence-corrected chi connectivity index (χ0v) is 11.2. The maximum absolute atomic E-state index is 5.49. The molecule has 0 aliphatic carbocycles. The Balaban J connectivity index is 2.40. The summed E-state index contributed by atoms with van der Waals surface area (Å²) in [5, 5.41) is 0. The number of nitrogens with two attached hydrogens (primary N) is 1. The molecule has 0 aliphatic heterocycles. The van der Waals surface area contributed by atoms with Gasteiger partial charge in [0.2, 0.25) is 0 Å². The standard InChI is InChI=1S/C12H19BrN2O/c1-2-7-16-9-12(15-14)8-10-3-5-11(13)6-4-10/h3-6,12,15H,2,7-9,14H2,1H3. The van der Waals surface area contributed by atoms with Crippen molar-refractivity contribution in [2.75, 3.05) is 13.2 Å². The van der Waals surface area contributed by atoms with Crippen LogP contribution in [0.3, 0.4) is 0 Å². The van der Waals surface area contributed by atoms with Gasteiger partial charge in [-0.15, -0.1) is 0 Å². The van der Waals surface area contributed by atoms with Crippen LogP contribution in [0.4, 0.5) is 0 Å². The second kappa shape index (κ2) is 7.79. The largest absolute Gasteiger partial charge is 0.380 e. The molecule has 90 valence electrons. The Morgan fingerprint density at radius 2 is 2.06 bits per heavy atom. The Morgan fingerprint density at radius 3 is 2.62 bits per heavy atom. The van der Waals surface area contributed by atoms with Crippen LogP contribution in [0.5, 0.6) is 0 Å². The molecule has 0 aliphatic rings. The van der Waals surface area contributed by atoms with Crippen LogP contribution in [0.2, 0.25) is 0 Å². The maximum atomic E-state index is 5.49. The van der Waals surface area contributed by atoms with Crippen LogP contribution in [0, 0.1) is 0 Å². The minimum absolute atomic E-state index is 0.174. The van der Waals surface area contributed by atoms with E-state index in [1.165, 1.54) is 5.56 Å². The third-order valence-corrected chi connectivity index (χ3v) is 2.83. The van der Waals surface area contributed by atoms with E-state index in [1.54, 1.807) is 0 Å². The van der Waals surface area contributed by atoms with E-state index >= 15 is 0 Å². The number of benzene rings is 1. The number of halogens is 1. The fourth-order valence-corrected chi connectivity index (χ4v) is 1.71. The molecule has 0 saturated heterocycles. The summed E-state index contributed by atoms with van der Waals surface area (Å²) >= 11 is 3.42. The van der Waals surface area contributed by atoms with E-state index in [0.29, 0.717) is 6.61 Å². The molecular weight excluding hydrogens is 268 g/mol. The first-order chi connectivity index (χ1) is 7.76. The maximum Gasteiger partial charge on any atom is 0.0636 e. The number of rotatable bonds is 7. The molecule has 16 heavy (non-hydrogen) atoms. The Hall–Kier alpha value is -0.420. The van der Waals surface area contributed by atoms with Gasteiger partial charge in [-0.1, -0.05) is 35.0 Å². The molecule has 1 rings (SSSR count). The summed E-state index contributed by atoms with van der Waals surface area (Å²) in [6, 6.07) is 8.43. The van der Waals surface area contributed by atoms with E-state index in [2.05, 4.69) is 40.4 Å². The summed E-state index contributed by atoms with van der Waals surface area (Å²) in [7, 11) is 0. The van der Waals surface area contributed by atoms with Gasteiger partial charge in [-0.3, -0.25) is 11.3 Å². The van der Waals surface area contributed by atoms with Crippen molar-refractivity contribution in [1.29, 1.82) is 0 Å². The lowest BCUT2D eigenvalue weighted by atomic mass is 10.1. The molecule has 0 spiro atoms. The lowest BCUT2D eigenvalue weighted by Crippen LogP contribution is -2.40. The molecule has 0 aromatic heterocycles. The number of ether oxygens (including phenoxy) is 1. The highest BCUT2D eigenvalue weighted by molar-refractivity contribution is 9.10. The van der Waals surface area contributed by atoms with E-state index in [1.807, 2.05) is 12.1 Å². The average Bonchev–Trinajstić information content (AvgIpc) is 2.31. The van der Waals surface area contributed by atoms with Crippen molar-refractivity contribution >= 4 is 15.9 Å². The number of hydrazine groups is 1. The van der Waals surface area contributed by atoms with Crippen LogP contribution >= 0.6 is 15.9 Å². The molecule has 3 nitrogen and oxygen atoms in total. The summed E-state index contributed by atoms with van der Waals surface area (Å²) in [6.07, 6.45) is 1.92. The number of hydrogen-bond acceptors (Lipinski definition) is 3. The van der Waals surface area contributed by atoms with Crippen molar-refractivity contribution in [2.24, 2.45) is 5.84 Å². The van der Waals surface area contributed by atoms with E-state index in [-0.39, 0.29) is 6.04 Å². The predicted octanol–water partition coefficient (Wildman–Crippen LogP) is 2.25. The zero-order valence-electron chi connectivity index (χ0n) is 9.58. The molecule has 1 atom stereocenters. The van der Waals surface area contributed by atoms with E-state index in [0.717, 1.165) is 23.9 Å². The molecule has 0 bridgehead atoms. The first-order valence-electron chi connectivity index (χ1n) is 5.54. The molecule has 0 fully saturated rings. The second-order valence-corrected chi connectivity index (χ2v) is 4.68. The molecular formula is C12H19BrN2O. The summed E-state index contributed by atoms with van der Waals surface area (Å²) in [6.45, 7) is 3.54. The average molecular weight is 287 g/mol. The molecule has 1 unspecified atom stereocenters. The van der Waals surface area contributed by atoms with Crippen LogP contribution in [0.25, 0.3) is 0 Å². The molecule has 0 saturated carbocycles. The van der Waals surface area contributed by atoms with Crippen LogP contribution in [0.15, 0.2) is 28.7 Å². The lowest BCUT2D eigenvalue weighted by Gasteiger charge is -2.15. The molecule has 0 amide bonds. The quantitative estimate of drug-likeness (QED) is 0.459. The van der Waals surface area contributed by atoms with Gasteiger partial charge in [-0.2, -0.15) is 0 Å². The first kappa shape index (κ1) is 13.6. The summed E-state index contributed by atoms with van der Waals surface area (Å²) in [5.74, 6) is 5.49. The van der Waals surface area contributed by atoms with Crippen molar-refractivity contribution in [1.82, 2.24) is 5.43 Å². The molecule has 4 heteroatoms. The van der Waals surface area contributed by atoms with Crippen LogP contribution in [-0.4, -0.2) is 19.3 Å². The minimum atomic E-state index is 0.174. The molecule has 3 N–H and O–H groups in total. The third-order valence-electron chi connectivity index (χ3n) is 2.30. The zero-order chi connectivity index (χ0) is 11.8. The highest BCUT2D eigenvalue weighted by Crippen LogP contribution is 2.11. The van der Waals surface area contributed by atoms with Gasteiger partial charge >= 0.3 is 0 Å². The molecule has 1 aromatic carbocycles. The van der Waals surface area contributed by atoms with Crippen molar-refractivity contribution in [3.05, 3.63) is 34.3 Å². The fraction of sp³-hybridized carbons (Fsp3) is 0.500. The van der Waals surface area contributed by atoms with Crippen LogP contribution in [-0.2, 0) is 11.2 Å². The van der Waals surface area contributed by atoms with Gasteiger partial charge in [0.25, 0.3) is 0 Å². The van der Waals surface area contributed by atoms with Gasteiger partial charge < -0.3 is 4.74 Å². The van der Waals surface area contributed by atoms with Gasteiger partial charge in [0.1, 0.15) is 0 Å². The topological polar surface area (TPSA) is 47.3 Å². The van der Waals surface area contributed by atoms with Gasteiger partial charge in [0, 0.05) is 17.1 Å². The van der Waals surface area contributed by atoms with Gasteiger partial charge in [0.15, 0.2) is 0 Å². The van der Waals surface area contributed by atoms with Crippen LogP contribution in [0.1, 0.15) is 18.9 Å². The third kappa shape index (κ3) is 5.07. The summed E-state index contributed by atoms with van der Waals surface area (Å²) in [4.78, 5) is 0. The van der Waals surface area contributed by atoms with Crippen molar-refractivity contribution < 1.29 is 4.74 Å². The first-order valence-corrected chi connectivity index (χ1v) is 6.34. The van der Waals surface area contributed by atoms with Gasteiger partial charge in [-0.25, -0.2) is 0 Å². The van der Waals surface area contributed by atoms with Crippen molar-refractivity contribution in [2.45, 2.75) is 25.8 Å². The normalized spacial score (nSPS) is 12.7. The Kier molecular flexibility index (Phi) is 6.64. The molecule has 1 aromatic rings. The second-order valence-electron chi connectivity index (χ2n) is 3.77. The van der Waals surface area contributed by atoms with Crippen molar-refractivity contribution in [3.8, 4) is 0 Å². The monoisotopic (exact) mass is 286 g/mol. The minimum Gasteiger partial charge on any atom is -0.380 e. The number of nitrogens with one attached hydrogen (secondary N) is 1. The Bertz CT molecular complexity index is 290. The Labute approximate surface area is 105 Å². The number of hydrogen-bond donors (Lipinski definition) is 2. The van der Waals surface area contributed by atoms with E-state index < -0.39 is 0 Å². The van der Waals surface area contributed by atoms with Crippen molar-refractivity contribution in [3.63, 3.8) is 0 Å².